The maximum Gasteiger partial charge on any atom is 0.417 e. The molecule has 8 heteroatoms. The predicted octanol–water partition coefficient (Wildman–Crippen LogP) is 7.70. The van der Waals surface area contributed by atoms with E-state index in [0.29, 0.717) is 11.1 Å². The third-order valence-corrected chi connectivity index (χ3v) is 7.66. The van der Waals surface area contributed by atoms with E-state index in [-0.39, 0.29) is 31.9 Å². The SMILES string of the molecule is CC1(C)CCC(C)(C)c2cc(C(F)(F)F)c(-c3cc(/C=C4/SC(=O)NC4=O)ccc3Cl)cc21. The standard InChI is InChI=1S/C25H23ClF3NO2S/c1-23(2)7-8-24(3,4)18-12-16(25(27,28)29)14(11-17(18)23)15-9-13(5-6-19(15)26)10-20-21(31)30-22(32)33-20/h5-6,9-12H,7-8H2,1-4H3,(H,30,31,32)/b20-10+. The van der Waals surface area contributed by atoms with Crippen LogP contribution < -0.4 is 5.32 Å². The second kappa shape index (κ2) is 7.91. The molecule has 0 aromatic heterocycles. The number of alkyl halides is 3. The van der Waals surface area contributed by atoms with Crippen LogP contribution in [0.25, 0.3) is 17.2 Å². The number of imide groups is 1. The molecule has 3 nitrogen and oxygen atoms in total. The Morgan fingerprint density at radius 2 is 1.58 bits per heavy atom. The number of thioether (sulfide) groups is 1. The Balaban J connectivity index is 1.95. The van der Waals surface area contributed by atoms with Crippen molar-refractivity contribution in [3.05, 3.63) is 62.5 Å². The summed E-state index contributed by atoms with van der Waals surface area (Å²) in [4.78, 5) is 23.5. The number of benzene rings is 2. The molecule has 0 unspecified atom stereocenters. The van der Waals surface area contributed by atoms with E-state index in [9.17, 15) is 22.8 Å². The molecule has 2 amide bonds. The van der Waals surface area contributed by atoms with E-state index in [1.165, 1.54) is 24.3 Å². The maximum absolute atomic E-state index is 14.3. The average molecular weight is 494 g/mol. The molecule has 1 heterocycles. The minimum atomic E-state index is -4.58. The molecule has 174 valence electrons. The van der Waals surface area contributed by atoms with Gasteiger partial charge in [-0.2, -0.15) is 13.2 Å². The second-order valence-electron chi connectivity index (χ2n) is 9.80. The van der Waals surface area contributed by atoms with Crippen molar-refractivity contribution in [2.45, 2.75) is 57.5 Å². The van der Waals surface area contributed by atoms with Gasteiger partial charge in [-0.15, -0.1) is 0 Å². The molecule has 1 saturated heterocycles. The predicted molar refractivity (Wildman–Crippen MR) is 126 cm³/mol. The molecular weight excluding hydrogens is 471 g/mol. The topological polar surface area (TPSA) is 46.2 Å². The zero-order valence-corrected chi connectivity index (χ0v) is 20.2. The minimum Gasteiger partial charge on any atom is -0.282 e. The Morgan fingerprint density at radius 3 is 2.12 bits per heavy atom. The number of fused-ring (bicyclic) bond motifs is 1. The maximum atomic E-state index is 14.3. The van der Waals surface area contributed by atoms with Gasteiger partial charge in [0.15, 0.2) is 0 Å². The summed E-state index contributed by atoms with van der Waals surface area (Å²) >= 11 is 7.15. The van der Waals surface area contributed by atoms with E-state index in [1.807, 2.05) is 27.7 Å². The molecule has 1 aliphatic heterocycles. The van der Waals surface area contributed by atoms with Gasteiger partial charge < -0.3 is 0 Å². The highest BCUT2D eigenvalue weighted by atomic mass is 35.5. The molecule has 0 bridgehead atoms. The smallest absolute Gasteiger partial charge is 0.282 e. The zero-order chi connectivity index (χ0) is 24.3. The lowest BCUT2D eigenvalue weighted by atomic mass is 9.62. The van der Waals surface area contributed by atoms with Crippen molar-refractivity contribution >= 4 is 40.6 Å². The summed E-state index contributed by atoms with van der Waals surface area (Å²) in [7, 11) is 0. The van der Waals surface area contributed by atoms with Crippen LogP contribution >= 0.6 is 23.4 Å². The van der Waals surface area contributed by atoms with Crippen molar-refractivity contribution in [2.24, 2.45) is 0 Å². The Hall–Kier alpha value is -2.25. The van der Waals surface area contributed by atoms with Crippen molar-refractivity contribution in [3.8, 4) is 11.1 Å². The lowest BCUT2D eigenvalue weighted by molar-refractivity contribution is -0.137. The van der Waals surface area contributed by atoms with Gasteiger partial charge in [0.05, 0.1) is 10.5 Å². The summed E-state index contributed by atoms with van der Waals surface area (Å²) in [6.07, 6.45) is -1.44. The second-order valence-corrected chi connectivity index (χ2v) is 11.2. The summed E-state index contributed by atoms with van der Waals surface area (Å²) in [5.74, 6) is -0.532. The Labute approximate surface area is 199 Å². The van der Waals surface area contributed by atoms with Crippen LogP contribution in [0.4, 0.5) is 18.0 Å². The Kier molecular flexibility index (Phi) is 5.73. The number of carbonyl (C=O) groups excluding carboxylic acids is 2. The summed E-state index contributed by atoms with van der Waals surface area (Å²) in [6.45, 7) is 8.06. The van der Waals surface area contributed by atoms with Gasteiger partial charge in [0.25, 0.3) is 11.1 Å². The van der Waals surface area contributed by atoms with Crippen LogP contribution in [-0.2, 0) is 21.8 Å². The zero-order valence-electron chi connectivity index (χ0n) is 18.6. The number of rotatable bonds is 2. The van der Waals surface area contributed by atoms with Gasteiger partial charge in [-0.05, 0) is 88.0 Å². The van der Waals surface area contributed by atoms with E-state index < -0.39 is 22.9 Å². The van der Waals surface area contributed by atoms with Crippen LogP contribution in [0.1, 0.15) is 62.8 Å². The number of carbonyl (C=O) groups is 2. The monoisotopic (exact) mass is 493 g/mol. The van der Waals surface area contributed by atoms with Crippen molar-refractivity contribution in [3.63, 3.8) is 0 Å². The highest BCUT2D eigenvalue weighted by Gasteiger charge is 2.42. The molecule has 1 aliphatic carbocycles. The highest BCUT2D eigenvalue weighted by molar-refractivity contribution is 8.18. The molecule has 0 radical (unpaired) electrons. The van der Waals surface area contributed by atoms with E-state index in [4.69, 9.17) is 11.6 Å². The fourth-order valence-corrected chi connectivity index (χ4v) is 5.38. The van der Waals surface area contributed by atoms with E-state index in [2.05, 4.69) is 5.32 Å². The quantitative estimate of drug-likeness (QED) is 0.436. The van der Waals surface area contributed by atoms with E-state index in [0.717, 1.165) is 30.2 Å². The van der Waals surface area contributed by atoms with E-state index >= 15 is 0 Å². The van der Waals surface area contributed by atoms with Crippen LogP contribution in [0.3, 0.4) is 0 Å². The molecule has 4 rings (SSSR count). The fourth-order valence-electron chi connectivity index (χ4n) is 4.48. The highest BCUT2D eigenvalue weighted by Crippen LogP contribution is 2.50. The van der Waals surface area contributed by atoms with Gasteiger partial charge in [0.1, 0.15) is 0 Å². The summed E-state index contributed by atoms with van der Waals surface area (Å²) in [6, 6.07) is 7.57. The third kappa shape index (κ3) is 4.45. The molecule has 1 fully saturated rings. The van der Waals surface area contributed by atoms with Crippen molar-refractivity contribution in [2.75, 3.05) is 0 Å². The van der Waals surface area contributed by atoms with Crippen LogP contribution in [0.15, 0.2) is 35.2 Å². The fraction of sp³-hybridized carbons (Fsp3) is 0.360. The van der Waals surface area contributed by atoms with E-state index in [1.54, 1.807) is 12.1 Å². The molecule has 33 heavy (non-hydrogen) atoms. The van der Waals surface area contributed by atoms with Gasteiger partial charge in [0, 0.05) is 10.6 Å². The van der Waals surface area contributed by atoms with Crippen molar-refractivity contribution in [1.82, 2.24) is 5.32 Å². The number of hydrogen-bond acceptors (Lipinski definition) is 3. The average Bonchev–Trinajstić information content (AvgIpc) is 3.02. The van der Waals surface area contributed by atoms with Gasteiger partial charge >= 0.3 is 6.18 Å². The molecule has 0 saturated carbocycles. The van der Waals surface area contributed by atoms with Crippen LogP contribution in [0, 0.1) is 0 Å². The molecule has 2 aliphatic rings. The minimum absolute atomic E-state index is 0.0110. The molecule has 0 atom stereocenters. The van der Waals surface area contributed by atoms with Gasteiger partial charge in [-0.3, -0.25) is 14.9 Å². The molecular formula is C25H23ClF3NO2S. The number of nitrogens with one attached hydrogen (secondary N) is 1. The number of halogens is 4. The number of amides is 2. The largest absolute Gasteiger partial charge is 0.417 e. The lowest BCUT2D eigenvalue weighted by Gasteiger charge is -2.42. The van der Waals surface area contributed by atoms with Gasteiger partial charge in [-0.25, -0.2) is 0 Å². The third-order valence-electron chi connectivity index (χ3n) is 6.52. The van der Waals surface area contributed by atoms with Crippen LogP contribution in [-0.4, -0.2) is 11.1 Å². The molecule has 1 N–H and O–H groups in total. The number of hydrogen-bond donors (Lipinski definition) is 1. The van der Waals surface area contributed by atoms with Gasteiger partial charge in [0.2, 0.25) is 0 Å². The normalized spacial score (nSPS) is 20.7. The van der Waals surface area contributed by atoms with Crippen LogP contribution in [0.2, 0.25) is 5.02 Å². The van der Waals surface area contributed by atoms with Gasteiger partial charge in [-0.1, -0.05) is 45.4 Å². The first-order valence-corrected chi connectivity index (χ1v) is 11.7. The molecule has 0 spiro atoms. The first-order chi connectivity index (χ1) is 15.2. The van der Waals surface area contributed by atoms with Crippen LogP contribution in [0.5, 0.6) is 0 Å². The Morgan fingerprint density at radius 1 is 0.970 bits per heavy atom. The summed E-state index contributed by atoms with van der Waals surface area (Å²) in [5.41, 5.74) is 0.925. The Bertz CT molecular complexity index is 1210. The first kappa shape index (κ1) is 23.9. The van der Waals surface area contributed by atoms with Crippen molar-refractivity contribution in [1.29, 1.82) is 0 Å². The molecule has 2 aromatic rings. The summed E-state index contributed by atoms with van der Waals surface area (Å²) < 4.78 is 42.8. The lowest BCUT2D eigenvalue weighted by Crippen LogP contribution is -2.34. The molecule has 2 aromatic carbocycles. The summed E-state index contributed by atoms with van der Waals surface area (Å²) in [5, 5.41) is 1.86. The first-order valence-electron chi connectivity index (χ1n) is 10.5. The van der Waals surface area contributed by atoms with Crippen molar-refractivity contribution < 1.29 is 22.8 Å².